The lowest BCUT2D eigenvalue weighted by Crippen LogP contribution is -2.07. The molecule has 2 heterocycles. The summed E-state index contributed by atoms with van der Waals surface area (Å²) in [6, 6.07) is 0. The molecule has 0 spiro atoms. The summed E-state index contributed by atoms with van der Waals surface area (Å²) in [5.41, 5.74) is 1.94. The lowest BCUT2D eigenvalue weighted by Gasteiger charge is -2.02. The quantitative estimate of drug-likeness (QED) is 0.594. The molecule has 0 saturated heterocycles. The fourth-order valence-corrected chi connectivity index (χ4v) is 1.37. The summed E-state index contributed by atoms with van der Waals surface area (Å²) in [6.07, 6.45) is 5.16. The van der Waals surface area contributed by atoms with Gasteiger partial charge in [-0.15, -0.1) is 0 Å². The van der Waals surface area contributed by atoms with Gasteiger partial charge < -0.3 is 9.88 Å². The fourth-order valence-electron chi connectivity index (χ4n) is 1.37. The van der Waals surface area contributed by atoms with Gasteiger partial charge >= 0.3 is 0 Å². The molecule has 78 valence electrons. The number of nitrogens with one attached hydrogen (secondary N) is 1. The van der Waals surface area contributed by atoms with Crippen LogP contribution in [-0.2, 0) is 0 Å². The van der Waals surface area contributed by atoms with E-state index in [4.69, 9.17) is 0 Å². The number of fused-ring (bicyclic) bond motifs is 1. The second-order valence-electron chi connectivity index (χ2n) is 3.60. The molecule has 0 bridgehead atoms. The zero-order valence-electron chi connectivity index (χ0n) is 9.02. The largest absolute Gasteiger partial charge is 0.369 e. The van der Waals surface area contributed by atoms with Gasteiger partial charge in [0.25, 0.3) is 0 Å². The maximum Gasteiger partial charge on any atom is 0.166 e. The zero-order valence-corrected chi connectivity index (χ0v) is 9.02. The average Bonchev–Trinajstić information content (AvgIpc) is 2.58. The van der Waals surface area contributed by atoms with Crippen molar-refractivity contribution in [2.45, 2.75) is 6.92 Å². The van der Waals surface area contributed by atoms with Crippen LogP contribution in [0.3, 0.4) is 0 Å². The molecule has 0 saturated carbocycles. The number of aliphatic imine (C=N–C) groups is 1. The van der Waals surface area contributed by atoms with Gasteiger partial charge in [0.2, 0.25) is 0 Å². The molecule has 2 rings (SSSR count). The second-order valence-corrected chi connectivity index (χ2v) is 3.60. The number of H-pyrrole nitrogens is 1. The molecule has 0 aliphatic heterocycles. The summed E-state index contributed by atoms with van der Waals surface area (Å²) in [5, 5.41) is 0.982. The zero-order chi connectivity index (χ0) is 10.8. The second kappa shape index (κ2) is 3.68. The van der Waals surface area contributed by atoms with Crippen molar-refractivity contribution in [3.05, 3.63) is 18.1 Å². The fraction of sp³-hybridized carbons (Fsp3) is 0.300. The average molecular weight is 203 g/mol. The number of hydrogen-bond donors (Lipinski definition) is 1. The van der Waals surface area contributed by atoms with E-state index in [2.05, 4.69) is 19.9 Å². The molecule has 1 N–H and O–H groups in total. The van der Waals surface area contributed by atoms with Gasteiger partial charge in [-0.05, 0) is 12.5 Å². The third-order valence-corrected chi connectivity index (χ3v) is 2.06. The van der Waals surface area contributed by atoms with Crippen molar-refractivity contribution in [1.29, 1.82) is 0 Å². The molecule has 0 radical (unpaired) electrons. The van der Waals surface area contributed by atoms with Crippen LogP contribution in [-0.4, -0.2) is 40.3 Å². The summed E-state index contributed by atoms with van der Waals surface area (Å²) in [4.78, 5) is 17.5. The predicted molar refractivity (Wildman–Crippen MR) is 60.5 cm³/mol. The first-order chi connectivity index (χ1) is 7.18. The molecule has 0 aliphatic carbocycles. The van der Waals surface area contributed by atoms with Crippen LogP contribution in [0, 0.1) is 6.92 Å². The van der Waals surface area contributed by atoms with E-state index in [1.165, 1.54) is 6.33 Å². The Labute approximate surface area is 87.9 Å². The van der Waals surface area contributed by atoms with Crippen molar-refractivity contribution in [2.24, 2.45) is 4.99 Å². The van der Waals surface area contributed by atoms with Gasteiger partial charge in [0.05, 0.1) is 11.7 Å². The summed E-state index contributed by atoms with van der Waals surface area (Å²) in [5.74, 6) is 0.701. The highest BCUT2D eigenvalue weighted by Gasteiger charge is 2.06. The highest BCUT2D eigenvalue weighted by atomic mass is 15.1. The van der Waals surface area contributed by atoms with Crippen LogP contribution >= 0.6 is 0 Å². The molecule has 5 heteroatoms. The van der Waals surface area contributed by atoms with E-state index in [-0.39, 0.29) is 0 Å². The van der Waals surface area contributed by atoms with E-state index in [1.54, 1.807) is 6.34 Å². The molecule has 0 amide bonds. The number of aryl methyl sites for hydroxylation is 1. The Hall–Kier alpha value is -1.91. The van der Waals surface area contributed by atoms with E-state index in [1.807, 2.05) is 32.1 Å². The standard InChI is InChI=1S/C10H13N5/c1-7-4-11-9-8(7)10(13-5-12-9)14-6-15(2)3/h4-6H,1-3H3,(H,11,12,13). The van der Waals surface area contributed by atoms with Crippen molar-refractivity contribution < 1.29 is 0 Å². The molecule has 0 aliphatic rings. The van der Waals surface area contributed by atoms with E-state index in [0.29, 0.717) is 5.82 Å². The van der Waals surface area contributed by atoms with Gasteiger partial charge in [-0.1, -0.05) is 0 Å². The summed E-state index contributed by atoms with van der Waals surface area (Å²) >= 11 is 0. The minimum Gasteiger partial charge on any atom is -0.369 e. The molecule has 0 unspecified atom stereocenters. The van der Waals surface area contributed by atoms with Gasteiger partial charge in [0.1, 0.15) is 12.0 Å². The van der Waals surface area contributed by atoms with Crippen molar-refractivity contribution >= 4 is 23.2 Å². The van der Waals surface area contributed by atoms with Crippen LogP contribution < -0.4 is 0 Å². The maximum atomic E-state index is 4.30. The molecule has 0 fully saturated rings. The third-order valence-electron chi connectivity index (χ3n) is 2.06. The summed E-state index contributed by atoms with van der Waals surface area (Å²) < 4.78 is 0. The highest BCUT2D eigenvalue weighted by Crippen LogP contribution is 2.24. The molecule has 0 atom stereocenters. The van der Waals surface area contributed by atoms with Gasteiger partial charge in [-0.25, -0.2) is 15.0 Å². The molecule has 2 aromatic rings. The minimum atomic E-state index is 0.701. The van der Waals surface area contributed by atoms with Crippen LogP contribution in [0.4, 0.5) is 5.82 Å². The topological polar surface area (TPSA) is 57.2 Å². The molecule has 2 aromatic heterocycles. The van der Waals surface area contributed by atoms with Gasteiger partial charge in [0, 0.05) is 20.3 Å². The van der Waals surface area contributed by atoms with Crippen molar-refractivity contribution in [3.8, 4) is 0 Å². The van der Waals surface area contributed by atoms with Gasteiger partial charge in [-0.3, -0.25) is 0 Å². The summed E-state index contributed by atoms with van der Waals surface area (Å²) in [7, 11) is 3.84. The number of nitrogens with zero attached hydrogens (tertiary/aromatic N) is 4. The highest BCUT2D eigenvalue weighted by molar-refractivity contribution is 5.89. The smallest absolute Gasteiger partial charge is 0.166 e. The molecule has 5 nitrogen and oxygen atoms in total. The van der Waals surface area contributed by atoms with Crippen molar-refractivity contribution in [2.75, 3.05) is 14.1 Å². The predicted octanol–water partition coefficient (Wildman–Crippen LogP) is 1.49. The first-order valence-corrected chi connectivity index (χ1v) is 4.68. The first-order valence-electron chi connectivity index (χ1n) is 4.68. The number of aromatic amines is 1. The van der Waals surface area contributed by atoms with Crippen LogP contribution in [0.2, 0.25) is 0 Å². The van der Waals surface area contributed by atoms with E-state index >= 15 is 0 Å². The van der Waals surface area contributed by atoms with E-state index < -0.39 is 0 Å². The molecular weight excluding hydrogens is 190 g/mol. The monoisotopic (exact) mass is 203 g/mol. The van der Waals surface area contributed by atoms with Crippen LogP contribution in [0.25, 0.3) is 11.0 Å². The maximum absolute atomic E-state index is 4.30. The minimum absolute atomic E-state index is 0.701. The van der Waals surface area contributed by atoms with Crippen LogP contribution in [0.1, 0.15) is 5.56 Å². The Morgan fingerprint density at radius 2 is 2.20 bits per heavy atom. The number of rotatable bonds is 2. The summed E-state index contributed by atoms with van der Waals surface area (Å²) in [6.45, 7) is 2.01. The Bertz CT molecular complexity index is 497. The van der Waals surface area contributed by atoms with Crippen molar-refractivity contribution in [1.82, 2.24) is 19.9 Å². The van der Waals surface area contributed by atoms with Gasteiger partial charge in [0.15, 0.2) is 5.82 Å². The van der Waals surface area contributed by atoms with Crippen molar-refractivity contribution in [3.63, 3.8) is 0 Å². The molecule has 15 heavy (non-hydrogen) atoms. The number of hydrogen-bond acceptors (Lipinski definition) is 3. The first kappa shape index (κ1) is 9.64. The Balaban J connectivity index is 2.55. The van der Waals surface area contributed by atoms with Crippen LogP contribution in [0.5, 0.6) is 0 Å². The van der Waals surface area contributed by atoms with Gasteiger partial charge in [-0.2, -0.15) is 0 Å². The Kier molecular flexibility index (Phi) is 2.37. The lowest BCUT2D eigenvalue weighted by molar-refractivity contribution is 0.643. The molecule has 0 aromatic carbocycles. The van der Waals surface area contributed by atoms with Crippen LogP contribution in [0.15, 0.2) is 17.5 Å². The normalized spacial score (nSPS) is 11.4. The SMILES string of the molecule is Cc1c[nH]c2ncnc(N=CN(C)C)c12. The van der Waals surface area contributed by atoms with E-state index in [0.717, 1.165) is 16.6 Å². The Morgan fingerprint density at radius 3 is 2.93 bits per heavy atom. The Morgan fingerprint density at radius 1 is 1.40 bits per heavy atom. The van der Waals surface area contributed by atoms with E-state index in [9.17, 15) is 0 Å². The number of aromatic nitrogens is 3. The molecular formula is C10H13N5. The third kappa shape index (κ3) is 1.81. The lowest BCUT2D eigenvalue weighted by atomic mass is 10.2.